The molecule has 0 aliphatic heterocycles. The van der Waals surface area contributed by atoms with Gasteiger partial charge in [0.1, 0.15) is 12.2 Å². The Hall–Kier alpha value is -1.14. The lowest BCUT2D eigenvalue weighted by molar-refractivity contribution is -0.160. The lowest BCUT2D eigenvalue weighted by atomic mass is 10.0. The van der Waals surface area contributed by atoms with Crippen molar-refractivity contribution in [2.75, 3.05) is 13.2 Å². The van der Waals surface area contributed by atoms with Crippen LogP contribution in [-0.4, -0.2) is 47.6 Å². The van der Waals surface area contributed by atoms with Crippen LogP contribution in [0.4, 0.5) is 0 Å². The van der Waals surface area contributed by atoms with Crippen LogP contribution in [0.2, 0.25) is 0 Å². The largest absolute Gasteiger partial charge is 0.462 e. The van der Waals surface area contributed by atoms with Crippen molar-refractivity contribution in [3.63, 3.8) is 0 Å². The van der Waals surface area contributed by atoms with Crippen molar-refractivity contribution in [2.45, 2.75) is 110 Å². The molecule has 0 spiro atoms. The average molecular weight is 403 g/mol. The number of hydrogen-bond acceptors (Lipinski definition) is 6. The van der Waals surface area contributed by atoms with Gasteiger partial charge in [-0.3, -0.25) is 9.59 Å². The highest BCUT2D eigenvalue weighted by Gasteiger charge is 2.20. The predicted octanol–water partition coefficient (Wildman–Crippen LogP) is 4.15. The summed E-state index contributed by atoms with van der Waals surface area (Å²) in [5.41, 5.74) is 0. The minimum Gasteiger partial charge on any atom is -0.462 e. The van der Waals surface area contributed by atoms with Crippen LogP contribution in [0.25, 0.3) is 0 Å². The van der Waals surface area contributed by atoms with Crippen LogP contribution in [0.3, 0.4) is 0 Å². The molecule has 0 fully saturated rings. The number of aliphatic hydroxyl groups excluding tert-OH is 2. The van der Waals surface area contributed by atoms with Gasteiger partial charge in [0, 0.05) is 6.92 Å². The quantitative estimate of drug-likeness (QED) is 0.264. The van der Waals surface area contributed by atoms with Gasteiger partial charge in [-0.2, -0.15) is 0 Å². The van der Waals surface area contributed by atoms with Gasteiger partial charge >= 0.3 is 11.9 Å². The number of hydrogen-bond donors (Lipinski definition) is 2. The smallest absolute Gasteiger partial charge is 0.309 e. The van der Waals surface area contributed by atoms with Crippen LogP contribution < -0.4 is 0 Å². The molecule has 0 aromatic rings. The minimum absolute atomic E-state index is 0.0491. The summed E-state index contributed by atoms with van der Waals surface area (Å²) < 4.78 is 10.1. The lowest BCUT2D eigenvalue weighted by Gasteiger charge is -2.18. The van der Waals surface area contributed by atoms with E-state index in [-0.39, 0.29) is 6.42 Å². The molecule has 0 radical (unpaired) electrons. The summed E-state index contributed by atoms with van der Waals surface area (Å²) >= 11 is 0. The Kier molecular flexibility index (Phi) is 17.2. The Morgan fingerprint density at radius 1 is 0.714 bits per heavy atom. The fourth-order valence-corrected chi connectivity index (χ4v) is 3.15. The first-order valence-electron chi connectivity index (χ1n) is 11.0. The summed E-state index contributed by atoms with van der Waals surface area (Å²) in [6, 6.07) is 0. The third kappa shape index (κ3) is 17.0. The maximum Gasteiger partial charge on any atom is 0.309 e. The summed E-state index contributed by atoms with van der Waals surface area (Å²) in [6.07, 6.45) is 11.4. The minimum atomic E-state index is -0.921. The summed E-state index contributed by atoms with van der Waals surface area (Å²) in [7, 11) is 0. The molecule has 0 bridgehead atoms. The molecule has 28 heavy (non-hydrogen) atoms. The van der Waals surface area contributed by atoms with Crippen molar-refractivity contribution in [1.82, 2.24) is 0 Å². The summed E-state index contributed by atoms with van der Waals surface area (Å²) in [5, 5.41) is 17.9. The maximum atomic E-state index is 11.8. The van der Waals surface area contributed by atoms with Gasteiger partial charge in [0.25, 0.3) is 0 Å². The molecule has 166 valence electrons. The molecular weight excluding hydrogens is 360 g/mol. The highest BCUT2D eigenvalue weighted by atomic mass is 16.6. The van der Waals surface area contributed by atoms with E-state index in [1.54, 1.807) is 0 Å². The van der Waals surface area contributed by atoms with Crippen molar-refractivity contribution >= 4 is 11.9 Å². The van der Waals surface area contributed by atoms with E-state index in [1.807, 2.05) is 0 Å². The first-order chi connectivity index (χ1) is 13.4. The topological polar surface area (TPSA) is 93.1 Å². The number of carbonyl (C=O) groups excluding carboxylic acids is 2. The van der Waals surface area contributed by atoms with E-state index >= 15 is 0 Å². The standard InChI is InChI=1S/C22H42O6/c1-18(2)13-11-9-7-5-4-6-8-10-12-14-20(27-19(3)25)15-22(26)28-21(16-23)17-24/h18,20-21,23-24H,4-17H2,1-3H3/t20-/m1/s1. The van der Waals surface area contributed by atoms with E-state index in [1.165, 1.54) is 51.9 Å². The third-order valence-electron chi connectivity index (χ3n) is 4.74. The average Bonchev–Trinajstić information content (AvgIpc) is 2.63. The number of rotatable bonds is 18. The SMILES string of the molecule is CC(=O)O[C@H](CCCCCCCCCCCC(C)C)CC(=O)OC(CO)CO. The zero-order chi connectivity index (χ0) is 21.2. The van der Waals surface area contributed by atoms with Crippen molar-refractivity contribution in [2.24, 2.45) is 5.92 Å². The molecule has 0 saturated carbocycles. The molecule has 6 nitrogen and oxygen atoms in total. The molecule has 0 aromatic carbocycles. The van der Waals surface area contributed by atoms with E-state index in [0.717, 1.165) is 25.2 Å². The molecule has 6 heteroatoms. The van der Waals surface area contributed by atoms with Crippen molar-refractivity contribution in [3.8, 4) is 0 Å². The zero-order valence-corrected chi connectivity index (χ0v) is 18.2. The second-order valence-corrected chi connectivity index (χ2v) is 8.07. The van der Waals surface area contributed by atoms with Gasteiger partial charge in [-0.25, -0.2) is 0 Å². The Bertz CT molecular complexity index is 392. The van der Waals surface area contributed by atoms with E-state index in [2.05, 4.69) is 13.8 Å². The fourth-order valence-electron chi connectivity index (χ4n) is 3.15. The number of carbonyl (C=O) groups is 2. The predicted molar refractivity (Wildman–Crippen MR) is 110 cm³/mol. The van der Waals surface area contributed by atoms with Crippen LogP contribution in [0.5, 0.6) is 0 Å². The van der Waals surface area contributed by atoms with Crippen LogP contribution in [-0.2, 0) is 19.1 Å². The Morgan fingerprint density at radius 3 is 1.61 bits per heavy atom. The molecule has 0 aromatic heterocycles. The molecule has 0 aliphatic rings. The van der Waals surface area contributed by atoms with Crippen molar-refractivity contribution in [3.05, 3.63) is 0 Å². The van der Waals surface area contributed by atoms with Gasteiger partial charge in [0.15, 0.2) is 0 Å². The van der Waals surface area contributed by atoms with Gasteiger partial charge in [0.05, 0.1) is 19.6 Å². The van der Waals surface area contributed by atoms with Crippen molar-refractivity contribution < 1.29 is 29.3 Å². The van der Waals surface area contributed by atoms with Gasteiger partial charge in [-0.15, -0.1) is 0 Å². The number of unbranched alkanes of at least 4 members (excludes halogenated alkanes) is 8. The van der Waals surface area contributed by atoms with Crippen LogP contribution in [0.1, 0.15) is 97.8 Å². The highest BCUT2D eigenvalue weighted by molar-refractivity contribution is 5.71. The van der Waals surface area contributed by atoms with Crippen LogP contribution in [0.15, 0.2) is 0 Å². The van der Waals surface area contributed by atoms with E-state index in [9.17, 15) is 9.59 Å². The van der Waals surface area contributed by atoms with Gasteiger partial charge in [-0.05, 0) is 18.8 Å². The highest BCUT2D eigenvalue weighted by Crippen LogP contribution is 2.16. The molecule has 0 saturated heterocycles. The Morgan fingerprint density at radius 2 is 1.18 bits per heavy atom. The molecule has 0 amide bonds. The van der Waals surface area contributed by atoms with Gasteiger partial charge < -0.3 is 19.7 Å². The van der Waals surface area contributed by atoms with Crippen molar-refractivity contribution in [1.29, 1.82) is 0 Å². The van der Waals surface area contributed by atoms with E-state index in [0.29, 0.717) is 6.42 Å². The summed E-state index contributed by atoms with van der Waals surface area (Å²) in [4.78, 5) is 23.1. The second kappa shape index (κ2) is 17.9. The molecule has 0 aliphatic carbocycles. The van der Waals surface area contributed by atoms with Gasteiger partial charge in [-0.1, -0.05) is 71.6 Å². The first kappa shape index (κ1) is 26.9. The van der Waals surface area contributed by atoms with E-state index < -0.39 is 37.4 Å². The zero-order valence-electron chi connectivity index (χ0n) is 18.2. The first-order valence-corrected chi connectivity index (χ1v) is 11.0. The molecular formula is C22H42O6. The van der Waals surface area contributed by atoms with Crippen LogP contribution in [0, 0.1) is 5.92 Å². The third-order valence-corrected chi connectivity index (χ3v) is 4.74. The second-order valence-electron chi connectivity index (χ2n) is 8.07. The van der Waals surface area contributed by atoms with Gasteiger partial charge in [0.2, 0.25) is 0 Å². The van der Waals surface area contributed by atoms with E-state index in [4.69, 9.17) is 19.7 Å². The lowest BCUT2D eigenvalue weighted by Crippen LogP contribution is -2.29. The molecule has 2 N–H and O–H groups in total. The monoisotopic (exact) mass is 402 g/mol. The summed E-state index contributed by atoms with van der Waals surface area (Å²) in [6.45, 7) is 5.01. The molecule has 0 heterocycles. The number of aliphatic hydroxyl groups is 2. The number of esters is 2. The number of ether oxygens (including phenoxy) is 2. The molecule has 1 atom stereocenters. The molecule has 0 rings (SSSR count). The Labute approximate surface area is 171 Å². The fraction of sp³-hybridized carbons (Fsp3) is 0.909. The summed E-state index contributed by atoms with van der Waals surface area (Å²) in [5.74, 6) is -0.184. The maximum absolute atomic E-state index is 11.8. The molecule has 0 unspecified atom stereocenters. The van der Waals surface area contributed by atoms with Crippen LogP contribution >= 0.6 is 0 Å². The normalized spacial score (nSPS) is 12.4. The Balaban J connectivity index is 3.83.